The summed E-state index contributed by atoms with van der Waals surface area (Å²) in [5.74, 6) is -1.38. The molecule has 0 heterocycles. The summed E-state index contributed by atoms with van der Waals surface area (Å²) < 4.78 is 48.3. The molecule has 23 heavy (non-hydrogen) atoms. The molecular weight excluding hydrogens is 320 g/mol. The predicted octanol–water partition coefficient (Wildman–Crippen LogP) is 4.23. The van der Waals surface area contributed by atoms with Crippen LogP contribution in [-0.4, -0.2) is 8.42 Å². The molecule has 3 nitrogen and oxygen atoms in total. The maximum atomic E-state index is 13.5. The molecule has 0 bridgehead atoms. The summed E-state index contributed by atoms with van der Waals surface area (Å²) >= 11 is 0. The average molecular weight is 339 g/mol. The molecule has 1 aliphatic rings. The normalized spacial score (nSPS) is 14.2. The van der Waals surface area contributed by atoms with Gasteiger partial charge in [-0.2, -0.15) is 0 Å². The lowest BCUT2D eigenvalue weighted by Gasteiger charge is -2.04. The maximum absolute atomic E-state index is 13.5. The number of rotatable bonds is 2. The van der Waals surface area contributed by atoms with E-state index in [1.54, 1.807) is 0 Å². The van der Waals surface area contributed by atoms with Crippen molar-refractivity contribution < 1.29 is 17.2 Å². The lowest BCUT2D eigenvalue weighted by Crippen LogP contribution is -2.11. The van der Waals surface area contributed by atoms with Crippen LogP contribution in [0.4, 0.5) is 8.78 Å². The van der Waals surface area contributed by atoms with Crippen LogP contribution >= 0.6 is 0 Å². The number of benzene rings is 2. The fourth-order valence-corrected chi connectivity index (χ4v) is 2.95. The molecule has 0 aromatic heterocycles. The van der Waals surface area contributed by atoms with E-state index in [0.29, 0.717) is 5.56 Å². The molecule has 0 radical (unpaired) electrons. The van der Waals surface area contributed by atoms with E-state index < -0.39 is 21.7 Å². The highest BCUT2D eigenvalue weighted by atomic mass is 32.2. The molecular formula is C17H19F2NO2S. The summed E-state index contributed by atoms with van der Waals surface area (Å²) in [4.78, 5) is -0.0613. The van der Waals surface area contributed by atoms with Crippen LogP contribution in [0, 0.1) is 11.6 Å². The van der Waals surface area contributed by atoms with Gasteiger partial charge in [-0.05, 0) is 29.8 Å². The van der Waals surface area contributed by atoms with Gasteiger partial charge in [-0.1, -0.05) is 44.2 Å². The largest absolute Gasteiger partial charge is 0.238 e. The summed E-state index contributed by atoms with van der Waals surface area (Å²) in [5.41, 5.74) is 0.636. The van der Waals surface area contributed by atoms with Crippen molar-refractivity contribution in [1.82, 2.24) is 0 Å². The van der Waals surface area contributed by atoms with Crippen molar-refractivity contribution in [2.45, 2.75) is 37.0 Å². The monoisotopic (exact) mass is 339 g/mol. The molecule has 0 amide bonds. The Hall–Kier alpha value is -1.79. The Morgan fingerprint density at radius 2 is 1.35 bits per heavy atom. The summed E-state index contributed by atoms with van der Waals surface area (Å²) in [6.07, 6.45) is 7.50. The number of halogens is 2. The van der Waals surface area contributed by atoms with Crippen LogP contribution in [0.15, 0.2) is 47.4 Å². The Balaban J connectivity index is 0.000000326. The van der Waals surface area contributed by atoms with Crippen LogP contribution in [0.25, 0.3) is 11.1 Å². The molecule has 0 unspecified atom stereocenters. The first-order valence-electron chi connectivity index (χ1n) is 7.46. The fraction of sp³-hybridized carbons (Fsp3) is 0.294. The van der Waals surface area contributed by atoms with Crippen LogP contribution in [0.2, 0.25) is 0 Å². The van der Waals surface area contributed by atoms with E-state index in [0.717, 1.165) is 12.1 Å². The fourth-order valence-electron chi connectivity index (χ4n) is 2.43. The predicted molar refractivity (Wildman–Crippen MR) is 86.3 cm³/mol. The van der Waals surface area contributed by atoms with Crippen LogP contribution < -0.4 is 5.14 Å². The topological polar surface area (TPSA) is 60.2 Å². The molecule has 124 valence electrons. The zero-order chi connectivity index (χ0) is 16.9. The van der Waals surface area contributed by atoms with Crippen molar-refractivity contribution in [3.63, 3.8) is 0 Å². The highest BCUT2D eigenvalue weighted by Gasteiger charge is 2.10. The van der Waals surface area contributed by atoms with Gasteiger partial charge in [0.2, 0.25) is 10.0 Å². The molecule has 6 heteroatoms. The molecule has 0 atom stereocenters. The van der Waals surface area contributed by atoms with E-state index in [-0.39, 0.29) is 10.5 Å². The standard InChI is InChI=1S/C12H9F2NO2S.C5H10/c13-9-3-6-11(12(14)7-9)8-1-4-10(5-2-8)18(15,16)17;1-2-4-5-3-1/h1-7H,(H2,15,16,17);1-5H2. The number of nitrogens with two attached hydrogens (primary N) is 1. The molecule has 0 aliphatic heterocycles. The lowest BCUT2D eigenvalue weighted by molar-refractivity contribution is 0.585. The van der Waals surface area contributed by atoms with Gasteiger partial charge in [0.25, 0.3) is 0 Å². The molecule has 3 rings (SSSR count). The Morgan fingerprint density at radius 1 is 0.826 bits per heavy atom. The molecule has 1 aliphatic carbocycles. The first-order chi connectivity index (χ1) is 10.9. The smallest absolute Gasteiger partial charge is 0.225 e. The molecule has 2 aromatic carbocycles. The van der Waals surface area contributed by atoms with Crippen LogP contribution in [0.1, 0.15) is 32.1 Å². The minimum atomic E-state index is -3.77. The van der Waals surface area contributed by atoms with Crippen molar-refractivity contribution in [2.75, 3.05) is 0 Å². The van der Waals surface area contributed by atoms with Crippen LogP contribution in [-0.2, 0) is 10.0 Å². The number of primary sulfonamides is 1. The number of hydrogen-bond donors (Lipinski definition) is 1. The van der Waals surface area contributed by atoms with Crippen molar-refractivity contribution in [1.29, 1.82) is 0 Å². The highest BCUT2D eigenvalue weighted by molar-refractivity contribution is 7.89. The van der Waals surface area contributed by atoms with Gasteiger partial charge in [0, 0.05) is 11.6 Å². The van der Waals surface area contributed by atoms with Gasteiger partial charge in [0.05, 0.1) is 4.90 Å². The van der Waals surface area contributed by atoms with Crippen molar-refractivity contribution >= 4 is 10.0 Å². The third kappa shape index (κ3) is 5.11. The second kappa shape index (κ2) is 7.66. The van der Waals surface area contributed by atoms with E-state index in [1.165, 1.54) is 62.4 Å². The Labute approximate surface area is 135 Å². The second-order valence-electron chi connectivity index (χ2n) is 5.46. The lowest BCUT2D eigenvalue weighted by atomic mass is 10.1. The van der Waals surface area contributed by atoms with Gasteiger partial charge in [0.15, 0.2) is 0 Å². The van der Waals surface area contributed by atoms with Gasteiger partial charge in [-0.25, -0.2) is 22.3 Å². The van der Waals surface area contributed by atoms with Gasteiger partial charge >= 0.3 is 0 Å². The Morgan fingerprint density at radius 3 is 1.78 bits per heavy atom. The molecule has 0 saturated heterocycles. The molecule has 2 N–H and O–H groups in total. The Kier molecular flexibility index (Phi) is 5.85. The summed E-state index contributed by atoms with van der Waals surface area (Å²) in [6.45, 7) is 0. The minimum Gasteiger partial charge on any atom is -0.225 e. The summed E-state index contributed by atoms with van der Waals surface area (Å²) in [7, 11) is -3.77. The zero-order valence-electron chi connectivity index (χ0n) is 12.6. The molecule has 2 aromatic rings. The maximum Gasteiger partial charge on any atom is 0.238 e. The van der Waals surface area contributed by atoms with E-state index in [4.69, 9.17) is 5.14 Å². The number of hydrogen-bond acceptors (Lipinski definition) is 2. The molecule has 1 saturated carbocycles. The molecule has 0 spiro atoms. The highest BCUT2D eigenvalue weighted by Crippen LogP contribution is 2.24. The van der Waals surface area contributed by atoms with Gasteiger partial charge < -0.3 is 0 Å². The van der Waals surface area contributed by atoms with Crippen LogP contribution in [0.5, 0.6) is 0 Å². The average Bonchev–Trinajstić information content (AvgIpc) is 3.06. The van der Waals surface area contributed by atoms with Crippen molar-refractivity contribution in [3.8, 4) is 11.1 Å². The third-order valence-electron chi connectivity index (χ3n) is 3.67. The van der Waals surface area contributed by atoms with Gasteiger partial charge in [-0.3, -0.25) is 0 Å². The Bertz CT molecular complexity index is 747. The van der Waals surface area contributed by atoms with Crippen LogP contribution in [0.3, 0.4) is 0 Å². The van der Waals surface area contributed by atoms with Crippen molar-refractivity contribution in [2.24, 2.45) is 5.14 Å². The van der Waals surface area contributed by atoms with Gasteiger partial charge in [-0.15, -0.1) is 0 Å². The van der Waals surface area contributed by atoms with E-state index in [1.807, 2.05) is 0 Å². The minimum absolute atomic E-state index is 0.0613. The first-order valence-corrected chi connectivity index (χ1v) is 9.01. The quantitative estimate of drug-likeness (QED) is 0.890. The SMILES string of the molecule is C1CCCC1.NS(=O)(=O)c1ccc(-c2ccc(F)cc2F)cc1. The number of sulfonamides is 1. The van der Waals surface area contributed by atoms with Crippen molar-refractivity contribution in [3.05, 3.63) is 54.1 Å². The third-order valence-corrected chi connectivity index (χ3v) is 4.60. The summed E-state index contributed by atoms with van der Waals surface area (Å²) in [6, 6.07) is 8.55. The zero-order valence-corrected chi connectivity index (χ0v) is 13.5. The van der Waals surface area contributed by atoms with E-state index in [9.17, 15) is 17.2 Å². The first kappa shape index (κ1) is 17.6. The second-order valence-corrected chi connectivity index (χ2v) is 7.02. The van der Waals surface area contributed by atoms with E-state index >= 15 is 0 Å². The van der Waals surface area contributed by atoms with Gasteiger partial charge in [0.1, 0.15) is 11.6 Å². The summed E-state index contributed by atoms with van der Waals surface area (Å²) in [5, 5.41) is 4.94. The van der Waals surface area contributed by atoms with E-state index in [2.05, 4.69) is 0 Å². The molecule has 1 fully saturated rings.